The highest BCUT2D eigenvalue weighted by atomic mass is 32.2. The van der Waals surface area contributed by atoms with Crippen LogP contribution in [0.3, 0.4) is 0 Å². The molecule has 1 amide bonds. The van der Waals surface area contributed by atoms with Crippen molar-refractivity contribution in [3.8, 4) is 0 Å². The van der Waals surface area contributed by atoms with E-state index in [1.54, 1.807) is 22.6 Å². The van der Waals surface area contributed by atoms with Gasteiger partial charge in [0.2, 0.25) is 0 Å². The molecule has 2 heterocycles. The predicted octanol–water partition coefficient (Wildman–Crippen LogP) is 1.96. The molecular weight excluding hydrogens is 310 g/mol. The van der Waals surface area contributed by atoms with Gasteiger partial charge in [0.1, 0.15) is 0 Å². The molecule has 0 fully saturated rings. The van der Waals surface area contributed by atoms with E-state index in [1.165, 1.54) is 0 Å². The topological polar surface area (TPSA) is 63.1 Å². The lowest BCUT2D eigenvalue weighted by atomic mass is 10.1. The van der Waals surface area contributed by atoms with Crippen molar-refractivity contribution in [1.29, 1.82) is 0 Å². The highest BCUT2D eigenvalue weighted by Gasteiger charge is 2.17. The Morgan fingerprint density at radius 1 is 1.39 bits per heavy atom. The molecule has 2 rings (SSSR count). The Balaban J connectivity index is 1.98. The van der Waals surface area contributed by atoms with E-state index in [0.717, 1.165) is 16.3 Å². The van der Waals surface area contributed by atoms with E-state index in [9.17, 15) is 4.79 Å². The summed E-state index contributed by atoms with van der Waals surface area (Å²) in [4.78, 5) is 18.6. The lowest BCUT2D eigenvalue weighted by molar-refractivity contribution is 0.0941. The second-order valence-electron chi connectivity index (χ2n) is 5.45. The maximum atomic E-state index is 12.3. The van der Waals surface area contributed by atoms with Gasteiger partial charge in [0, 0.05) is 31.5 Å². The van der Waals surface area contributed by atoms with Crippen molar-refractivity contribution < 1.29 is 4.79 Å². The van der Waals surface area contributed by atoms with E-state index in [1.807, 2.05) is 45.7 Å². The van der Waals surface area contributed by atoms with Crippen LogP contribution in [0.15, 0.2) is 35.7 Å². The second-order valence-corrected chi connectivity index (χ2v) is 6.74. The van der Waals surface area contributed by atoms with E-state index < -0.39 is 0 Å². The number of aromatic nitrogens is 3. The maximum Gasteiger partial charge on any atom is 0.252 e. The zero-order valence-corrected chi connectivity index (χ0v) is 14.8. The van der Waals surface area contributed by atoms with Crippen LogP contribution in [0.25, 0.3) is 0 Å². The van der Waals surface area contributed by atoms with Crippen molar-refractivity contribution in [2.75, 3.05) is 26.4 Å². The van der Waals surface area contributed by atoms with Gasteiger partial charge in [0.25, 0.3) is 5.91 Å². The Hall–Kier alpha value is -1.86. The molecule has 1 N–H and O–H groups in total. The Labute approximate surface area is 141 Å². The number of nitrogens with zero attached hydrogens (tertiary/aromatic N) is 4. The number of carbonyl (C=O) groups is 1. The number of likely N-dealkylation sites (N-methyl/N-ethyl adjacent to an activating group) is 1. The summed E-state index contributed by atoms with van der Waals surface area (Å²) in [5.74, 6) is 0.857. The average Bonchev–Trinajstić information content (AvgIpc) is 2.94. The van der Waals surface area contributed by atoms with Gasteiger partial charge in [-0.1, -0.05) is 6.92 Å². The van der Waals surface area contributed by atoms with Crippen molar-refractivity contribution >= 4 is 17.7 Å². The SMILES string of the molecule is CCSc1ccc(C(=O)NCC(c2cnn(C)c2)N(C)C)cn1. The molecule has 0 spiro atoms. The number of nitrogens with one attached hydrogen (secondary N) is 1. The van der Waals surface area contributed by atoms with Crippen LogP contribution in [0.4, 0.5) is 0 Å². The fourth-order valence-electron chi connectivity index (χ4n) is 2.25. The summed E-state index contributed by atoms with van der Waals surface area (Å²) in [5.41, 5.74) is 1.65. The molecule has 0 aromatic carbocycles. The Bertz CT molecular complexity index is 638. The highest BCUT2D eigenvalue weighted by Crippen LogP contribution is 2.17. The van der Waals surface area contributed by atoms with E-state index in [2.05, 4.69) is 27.2 Å². The van der Waals surface area contributed by atoms with Gasteiger partial charge in [0.15, 0.2) is 0 Å². The first-order valence-corrected chi connectivity index (χ1v) is 8.51. The molecule has 0 saturated carbocycles. The number of hydrogen-bond acceptors (Lipinski definition) is 5. The third-order valence-corrected chi connectivity index (χ3v) is 4.31. The molecule has 2 aromatic heterocycles. The molecule has 0 aliphatic carbocycles. The number of pyridine rings is 1. The Morgan fingerprint density at radius 2 is 2.17 bits per heavy atom. The van der Waals surface area contributed by atoms with Crippen LogP contribution in [0.1, 0.15) is 28.9 Å². The van der Waals surface area contributed by atoms with Gasteiger partial charge in [-0.3, -0.25) is 9.48 Å². The van der Waals surface area contributed by atoms with Gasteiger partial charge < -0.3 is 10.2 Å². The number of aryl methyl sites for hydroxylation is 1. The molecule has 124 valence electrons. The molecule has 0 bridgehead atoms. The summed E-state index contributed by atoms with van der Waals surface area (Å²) in [5, 5.41) is 8.11. The minimum Gasteiger partial charge on any atom is -0.350 e. The Kier molecular flexibility index (Phi) is 6.18. The van der Waals surface area contributed by atoms with Gasteiger partial charge >= 0.3 is 0 Å². The molecule has 2 aromatic rings. The average molecular weight is 333 g/mol. The lowest BCUT2D eigenvalue weighted by Crippen LogP contribution is -2.34. The first kappa shape index (κ1) is 17.5. The summed E-state index contributed by atoms with van der Waals surface area (Å²) in [6, 6.07) is 3.78. The number of carbonyl (C=O) groups excluding carboxylic acids is 1. The van der Waals surface area contributed by atoms with Gasteiger partial charge in [-0.2, -0.15) is 5.10 Å². The molecule has 0 saturated heterocycles. The molecule has 1 atom stereocenters. The maximum absolute atomic E-state index is 12.3. The lowest BCUT2D eigenvalue weighted by Gasteiger charge is -2.23. The minimum absolute atomic E-state index is 0.0792. The summed E-state index contributed by atoms with van der Waals surface area (Å²) in [6.07, 6.45) is 5.42. The third kappa shape index (κ3) is 4.80. The molecule has 0 radical (unpaired) electrons. The second kappa shape index (κ2) is 8.12. The van der Waals surface area contributed by atoms with Gasteiger partial charge in [-0.15, -0.1) is 11.8 Å². The van der Waals surface area contributed by atoms with E-state index in [-0.39, 0.29) is 11.9 Å². The molecule has 7 heteroatoms. The van der Waals surface area contributed by atoms with Gasteiger partial charge in [0.05, 0.1) is 22.8 Å². The van der Waals surface area contributed by atoms with Gasteiger partial charge in [-0.25, -0.2) is 4.98 Å². The monoisotopic (exact) mass is 333 g/mol. The largest absolute Gasteiger partial charge is 0.350 e. The molecular formula is C16H23N5OS. The Morgan fingerprint density at radius 3 is 2.70 bits per heavy atom. The molecule has 0 aliphatic heterocycles. The first-order valence-electron chi connectivity index (χ1n) is 7.53. The zero-order valence-electron chi connectivity index (χ0n) is 14.0. The fraction of sp³-hybridized carbons (Fsp3) is 0.438. The van der Waals surface area contributed by atoms with Crippen molar-refractivity contribution in [3.05, 3.63) is 41.9 Å². The molecule has 23 heavy (non-hydrogen) atoms. The summed E-state index contributed by atoms with van der Waals surface area (Å²) in [7, 11) is 5.86. The van der Waals surface area contributed by atoms with Crippen LogP contribution >= 0.6 is 11.8 Å². The van der Waals surface area contributed by atoms with Crippen LogP contribution in [-0.4, -0.2) is 52.0 Å². The normalized spacial score (nSPS) is 12.4. The number of thioether (sulfide) groups is 1. The van der Waals surface area contributed by atoms with Crippen LogP contribution in [0.5, 0.6) is 0 Å². The van der Waals surface area contributed by atoms with Crippen molar-refractivity contribution in [2.24, 2.45) is 7.05 Å². The molecule has 6 nitrogen and oxygen atoms in total. The van der Waals surface area contributed by atoms with E-state index >= 15 is 0 Å². The quantitative estimate of drug-likeness (QED) is 0.785. The van der Waals surface area contributed by atoms with E-state index in [4.69, 9.17) is 0 Å². The summed E-state index contributed by atoms with van der Waals surface area (Å²) < 4.78 is 1.77. The smallest absolute Gasteiger partial charge is 0.252 e. The summed E-state index contributed by atoms with van der Waals surface area (Å²) in [6.45, 7) is 2.59. The number of rotatable bonds is 7. The van der Waals surface area contributed by atoms with Crippen molar-refractivity contribution in [3.63, 3.8) is 0 Å². The van der Waals surface area contributed by atoms with Crippen molar-refractivity contribution in [1.82, 2.24) is 25.0 Å². The number of hydrogen-bond donors (Lipinski definition) is 1. The van der Waals surface area contributed by atoms with Crippen molar-refractivity contribution in [2.45, 2.75) is 18.0 Å². The van der Waals surface area contributed by atoms with E-state index in [0.29, 0.717) is 12.1 Å². The molecule has 0 aliphatic rings. The third-order valence-electron chi connectivity index (χ3n) is 3.48. The van der Waals surface area contributed by atoms with Crippen LogP contribution in [-0.2, 0) is 7.05 Å². The zero-order chi connectivity index (χ0) is 16.8. The first-order chi connectivity index (χ1) is 11.0. The van der Waals surface area contributed by atoms with Crippen LogP contribution < -0.4 is 5.32 Å². The minimum atomic E-state index is -0.110. The summed E-state index contributed by atoms with van der Waals surface area (Å²) >= 11 is 1.66. The van der Waals surface area contributed by atoms with Gasteiger partial charge in [-0.05, 0) is 32.0 Å². The highest BCUT2D eigenvalue weighted by molar-refractivity contribution is 7.99. The fourth-order valence-corrected chi connectivity index (χ4v) is 2.84. The standard InChI is InChI=1S/C16H23N5OS/c1-5-23-15-7-6-12(8-17-15)16(22)18-10-14(20(2)3)13-9-19-21(4)11-13/h6-9,11,14H,5,10H2,1-4H3,(H,18,22). The van der Waals surface area contributed by atoms with Crippen LogP contribution in [0, 0.1) is 0 Å². The van der Waals surface area contributed by atoms with Crippen LogP contribution in [0.2, 0.25) is 0 Å². The number of amides is 1. The predicted molar refractivity (Wildman–Crippen MR) is 92.6 cm³/mol. The molecule has 1 unspecified atom stereocenters.